The summed E-state index contributed by atoms with van der Waals surface area (Å²) in [5.41, 5.74) is 1.96. The molecular formula is C23H29N3O5. The van der Waals surface area contributed by atoms with Crippen molar-refractivity contribution in [3.63, 3.8) is 0 Å². The zero-order chi connectivity index (χ0) is 21.9. The van der Waals surface area contributed by atoms with Crippen LogP contribution < -0.4 is 15.4 Å². The Morgan fingerprint density at radius 2 is 1.77 bits per heavy atom. The number of amides is 2. The number of rotatable bonds is 10. The monoisotopic (exact) mass is 427 g/mol. The molecule has 166 valence electrons. The van der Waals surface area contributed by atoms with E-state index in [1.807, 2.05) is 31.2 Å². The van der Waals surface area contributed by atoms with Crippen molar-refractivity contribution in [1.82, 2.24) is 4.90 Å². The smallest absolute Gasteiger partial charge is 0.254 e. The van der Waals surface area contributed by atoms with Gasteiger partial charge >= 0.3 is 0 Å². The van der Waals surface area contributed by atoms with Crippen molar-refractivity contribution >= 4 is 23.2 Å². The molecule has 3 rings (SSSR count). The predicted octanol–water partition coefficient (Wildman–Crippen LogP) is 2.62. The van der Waals surface area contributed by atoms with Gasteiger partial charge in [-0.15, -0.1) is 0 Å². The van der Waals surface area contributed by atoms with E-state index in [2.05, 4.69) is 10.6 Å². The molecule has 0 bridgehead atoms. The van der Waals surface area contributed by atoms with Gasteiger partial charge in [-0.2, -0.15) is 0 Å². The molecular weight excluding hydrogens is 398 g/mol. The van der Waals surface area contributed by atoms with Crippen LogP contribution in [0.25, 0.3) is 0 Å². The topological polar surface area (TPSA) is 89.1 Å². The Morgan fingerprint density at radius 1 is 1.03 bits per heavy atom. The van der Waals surface area contributed by atoms with E-state index < -0.39 is 0 Å². The third-order valence-electron chi connectivity index (χ3n) is 4.73. The molecule has 8 nitrogen and oxygen atoms in total. The van der Waals surface area contributed by atoms with Crippen LogP contribution in [0.3, 0.4) is 0 Å². The zero-order valence-corrected chi connectivity index (χ0v) is 17.8. The summed E-state index contributed by atoms with van der Waals surface area (Å²) in [6.07, 6.45) is 0. The Labute approximate surface area is 182 Å². The van der Waals surface area contributed by atoms with Crippen molar-refractivity contribution in [3.8, 4) is 5.75 Å². The standard InChI is InChI=1S/C23H29N3O5/c1-2-29-15-16-31-21-6-4-3-5-20(21)24-17-22(27)25-19-9-7-18(8-10-19)23(28)26-11-13-30-14-12-26/h3-10,24H,2,11-17H2,1H3,(H,25,27). The van der Waals surface area contributed by atoms with Crippen LogP contribution in [0.15, 0.2) is 48.5 Å². The van der Waals surface area contributed by atoms with Gasteiger partial charge in [-0.3, -0.25) is 9.59 Å². The maximum absolute atomic E-state index is 12.5. The molecule has 2 amide bonds. The van der Waals surface area contributed by atoms with Gasteiger partial charge in [0.05, 0.1) is 32.1 Å². The van der Waals surface area contributed by atoms with Crippen molar-refractivity contribution in [2.45, 2.75) is 6.92 Å². The number of carbonyl (C=O) groups is 2. The Balaban J connectivity index is 1.48. The van der Waals surface area contributed by atoms with Crippen LogP contribution in [-0.2, 0) is 14.3 Å². The van der Waals surface area contributed by atoms with E-state index in [0.29, 0.717) is 63.1 Å². The van der Waals surface area contributed by atoms with Gasteiger partial charge in [-0.1, -0.05) is 12.1 Å². The molecule has 1 fully saturated rings. The van der Waals surface area contributed by atoms with Gasteiger partial charge in [0, 0.05) is 30.9 Å². The molecule has 0 saturated carbocycles. The van der Waals surface area contributed by atoms with E-state index in [9.17, 15) is 9.59 Å². The van der Waals surface area contributed by atoms with E-state index in [-0.39, 0.29) is 18.4 Å². The van der Waals surface area contributed by atoms with Crippen molar-refractivity contribution in [2.75, 3.05) is 63.3 Å². The largest absolute Gasteiger partial charge is 0.489 e. The summed E-state index contributed by atoms with van der Waals surface area (Å²) >= 11 is 0. The van der Waals surface area contributed by atoms with E-state index >= 15 is 0 Å². The average Bonchev–Trinajstić information content (AvgIpc) is 2.82. The highest BCUT2D eigenvalue weighted by Gasteiger charge is 2.18. The fourth-order valence-corrected chi connectivity index (χ4v) is 3.12. The molecule has 1 aliphatic rings. The normalized spacial score (nSPS) is 13.5. The fraction of sp³-hybridized carbons (Fsp3) is 0.391. The Morgan fingerprint density at radius 3 is 2.52 bits per heavy atom. The number of hydrogen-bond donors (Lipinski definition) is 2. The maximum Gasteiger partial charge on any atom is 0.254 e. The van der Waals surface area contributed by atoms with Crippen molar-refractivity contribution in [1.29, 1.82) is 0 Å². The van der Waals surface area contributed by atoms with E-state index in [4.69, 9.17) is 14.2 Å². The van der Waals surface area contributed by atoms with Crippen LogP contribution in [0.5, 0.6) is 5.75 Å². The minimum atomic E-state index is -0.198. The average molecular weight is 428 g/mol. The van der Waals surface area contributed by atoms with Crippen molar-refractivity contribution in [2.24, 2.45) is 0 Å². The summed E-state index contributed by atoms with van der Waals surface area (Å²) in [5.74, 6) is 0.446. The first kappa shape index (κ1) is 22.6. The van der Waals surface area contributed by atoms with Crippen LogP contribution >= 0.6 is 0 Å². The third-order valence-corrected chi connectivity index (χ3v) is 4.73. The van der Waals surface area contributed by atoms with Gasteiger partial charge in [0.25, 0.3) is 5.91 Å². The molecule has 0 radical (unpaired) electrons. The fourth-order valence-electron chi connectivity index (χ4n) is 3.12. The summed E-state index contributed by atoms with van der Waals surface area (Å²) in [6.45, 7) is 5.93. The predicted molar refractivity (Wildman–Crippen MR) is 119 cm³/mol. The Bertz CT molecular complexity index is 851. The molecule has 1 heterocycles. The van der Waals surface area contributed by atoms with Crippen LogP contribution in [-0.4, -0.2) is 69.4 Å². The van der Waals surface area contributed by atoms with E-state index in [1.54, 1.807) is 29.2 Å². The first-order valence-electron chi connectivity index (χ1n) is 10.5. The number of nitrogens with one attached hydrogen (secondary N) is 2. The zero-order valence-electron chi connectivity index (χ0n) is 17.8. The van der Waals surface area contributed by atoms with Crippen molar-refractivity contribution in [3.05, 3.63) is 54.1 Å². The second-order valence-electron chi connectivity index (χ2n) is 6.93. The van der Waals surface area contributed by atoms with Gasteiger partial charge in [0.1, 0.15) is 12.4 Å². The number of para-hydroxylation sites is 2. The third kappa shape index (κ3) is 6.97. The molecule has 8 heteroatoms. The first-order valence-corrected chi connectivity index (χ1v) is 10.5. The summed E-state index contributed by atoms with van der Waals surface area (Å²) in [5, 5.41) is 5.93. The first-order chi connectivity index (χ1) is 15.2. The lowest BCUT2D eigenvalue weighted by Crippen LogP contribution is -2.40. The van der Waals surface area contributed by atoms with Crippen LogP contribution in [0.4, 0.5) is 11.4 Å². The molecule has 0 atom stereocenters. The molecule has 31 heavy (non-hydrogen) atoms. The molecule has 0 aromatic heterocycles. The Hall–Kier alpha value is -3.10. The molecule has 1 saturated heterocycles. The quantitative estimate of drug-likeness (QED) is 0.567. The summed E-state index contributed by atoms with van der Waals surface area (Å²) in [7, 11) is 0. The lowest BCUT2D eigenvalue weighted by atomic mass is 10.1. The van der Waals surface area contributed by atoms with Crippen LogP contribution in [0.2, 0.25) is 0 Å². The summed E-state index contributed by atoms with van der Waals surface area (Å²) in [4.78, 5) is 26.6. The number of morpholine rings is 1. The van der Waals surface area contributed by atoms with E-state index in [1.165, 1.54) is 0 Å². The van der Waals surface area contributed by atoms with Gasteiger partial charge in [-0.05, 0) is 43.3 Å². The van der Waals surface area contributed by atoms with Gasteiger partial charge < -0.3 is 29.7 Å². The minimum Gasteiger partial charge on any atom is -0.489 e. The Kier molecular flexibility index (Phi) is 8.69. The molecule has 2 aromatic rings. The van der Waals surface area contributed by atoms with Crippen molar-refractivity contribution < 1.29 is 23.8 Å². The lowest BCUT2D eigenvalue weighted by molar-refractivity contribution is -0.114. The summed E-state index contributed by atoms with van der Waals surface area (Å²) < 4.78 is 16.3. The molecule has 2 aromatic carbocycles. The second kappa shape index (κ2) is 11.9. The molecule has 2 N–H and O–H groups in total. The highest BCUT2D eigenvalue weighted by Crippen LogP contribution is 2.23. The molecule has 0 spiro atoms. The minimum absolute atomic E-state index is 0.0243. The molecule has 0 unspecified atom stereocenters. The van der Waals surface area contributed by atoms with Crippen LogP contribution in [0, 0.1) is 0 Å². The number of anilines is 2. The van der Waals surface area contributed by atoms with Gasteiger partial charge in [-0.25, -0.2) is 0 Å². The molecule has 1 aliphatic heterocycles. The lowest BCUT2D eigenvalue weighted by Gasteiger charge is -2.26. The maximum atomic E-state index is 12.5. The second-order valence-corrected chi connectivity index (χ2v) is 6.93. The SMILES string of the molecule is CCOCCOc1ccccc1NCC(=O)Nc1ccc(C(=O)N2CCOCC2)cc1. The highest BCUT2D eigenvalue weighted by atomic mass is 16.5. The van der Waals surface area contributed by atoms with Gasteiger partial charge in [0.15, 0.2) is 0 Å². The number of nitrogens with zero attached hydrogens (tertiary/aromatic N) is 1. The van der Waals surface area contributed by atoms with E-state index in [0.717, 1.165) is 5.69 Å². The number of ether oxygens (including phenoxy) is 3. The molecule has 0 aliphatic carbocycles. The van der Waals surface area contributed by atoms with Crippen LogP contribution in [0.1, 0.15) is 17.3 Å². The number of hydrogen-bond acceptors (Lipinski definition) is 6. The van der Waals surface area contributed by atoms with Gasteiger partial charge in [0.2, 0.25) is 5.91 Å². The number of benzene rings is 2. The summed E-state index contributed by atoms with van der Waals surface area (Å²) in [6, 6.07) is 14.4. The highest BCUT2D eigenvalue weighted by molar-refractivity contribution is 5.96. The number of carbonyl (C=O) groups excluding carboxylic acids is 2.